The van der Waals surface area contributed by atoms with E-state index in [9.17, 15) is 9.90 Å². The number of allylic oxidation sites excluding steroid dienone is 1. The second kappa shape index (κ2) is 8.82. The number of phenols is 1. The highest BCUT2D eigenvalue weighted by Crippen LogP contribution is 2.43. The van der Waals surface area contributed by atoms with E-state index in [0.29, 0.717) is 40.7 Å². The van der Waals surface area contributed by atoms with Crippen molar-refractivity contribution in [2.75, 3.05) is 20.8 Å². The van der Waals surface area contributed by atoms with Gasteiger partial charge in [0.15, 0.2) is 11.5 Å². The summed E-state index contributed by atoms with van der Waals surface area (Å²) in [5, 5.41) is 11.0. The summed E-state index contributed by atoms with van der Waals surface area (Å²) < 4.78 is 28.6. The Kier molecular flexibility index (Phi) is 6.04. The topological polar surface area (TPSA) is 87.4 Å². The van der Waals surface area contributed by atoms with Gasteiger partial charge in [-0.25, -0.2) is 0 Å². The monoisotopic (exact) mass is 464 g/mol. The number of ether oxygens (including phenoxy) is 4. The SMILES string of the molecule is COc1cc(-c2coc3cc4c(c(O)c3c2=O)C=CC(C)(C)O4)c(OC)cc1OCC=C(C)C. The molecule has 1 aromatic heterocycles. The fourth-order valence-electron chi connectivity index (χ4n) is 3.78. The van der Waals surface area contributed by atoms with E-state index in [1.165, 1.54) is 20.5 Å². The molecule has 0 fully saturated rings. The van der Waals surface area contributed by atoms with Gasteiger partial charge in [0.05, 0.1) is 25.3 Å². The standard InChI is InChI=1S/C27H28O7/c1-15(2)8-10-32-22-12-19(30-5)17(11-21(22)31-6)18-14-33-23-13-20-16(7-9-27(3,4)34-20)25(28)24(23)26(18)29/h7-9,11-14,28H,10H2,1-6H3. The third-order valence-corrected chi connectivity index (χ3v) is 5.57. The van der Waals surface area contributed by atoms with Crippen LogP contribution in [0.4, 0.5) is 0 Å². The Bertz CT molecular complexity index is 1370. The van der Waals surface area contributed by atoms with Crippen molar-refractivity contribution in [2.45, 2.75) is 33.3 Å². The molecule has 1 aliphatic heterocycles. The summed E-state index contributed by atoms with van der Waals surface area (Å²) in [4.78, 5) is 13.5. The Labute approximate surface area is 197 Å². The second-order valence-corrected chi connectivity index (χ2v) is 8.82. The number of hydrogen-bond donors (Lipinski definition) is 1. The zero-order valence-corrected chi connectivity index (χ0v) is 20.1. The van der Waals surface area contributed by atoms with E-state index < -0.39 is 11.0 Å². The van der Waals surface area contributed by atoms with Crippen LogP contribution in [0, 0.1) is 0 Å². The maximum absolute atomic E-state index is 13.5. The van der Waals surface area contributed by atoms with Gasteiger partial charge in [-0.3, -0.25) is 4.79 Å². The highest BCUT2D eigenvalue weighted by Gasteiger charge is 2.27. The molecular weight excluding hydrogens is 436 g/mol. The van der Waals surface area contributed by atoms with Gasteiger partial charge >= 0.3 is 0 Å². The molecule has 0 aliphatic carbocycles. The number of phenolic OH excluding ortho intramolecular Hbond substituents is 1. The Morgan fingerprint density at radius 2 is 1.79 bits per heavy atom. The van der Waals surface area contributed by atoms with Crippen molar-refractivity contribution in [3.63, 3.8) is 0 Å². The Morgan fingerprint density at radius 3 is 2.47 bits per heavy atom. The maximum Gasteiger partial charge on any atom is 0.204 e. The molecule has 2 aromatic carbocycles. The van der Waals surface area contributed by atoms with E-state index in [0.717, 1.165) is 5.57 Å². The Balaban J connectivity index is 1.87. The van der Waals surface area contributed by atoms with Gasteiger partial charge in [0.1, 0.15) is 46.7 Å². The molecular formula is C27H28O7. The van der Waals surface area contributed by atoms with Crippen LogP contribution >= 0.6 is 0 Å². The van der Waals surface area contributed by atoms with Gasteiger partial charge in [-0.05, 0) is 52.0 Å². The lowest BCUT2D eigenvalue weighted by atomic mass is 9.98. The summed E-state index contributed by atoms with van der Waals surface area (Å²) in [7, 11) is 3.03. The summed E-state index contributed by atoms with van der Waals surface area (Å²) in [5.41, 5.74) is 1.52. The maximum atomic E-state index is 13.5. The lowest BCUT2D eigenvalue weighted by molar-refractivity contribution is 0.158. The zero-order valence-electron chi connectivity index (χ0n) is 20.1. The van der Waals surface area contributed by atoms with Crippen LogP contribution in [-0.4, -0.2) is 31.5 Å². The summed E-state index contributed by atoms with van der Waals surface area (Å²) in [6, 6.07) is 4.95. The van der Waals surface area contributed by atoms with Gasteiger partial charge in [-0.1, -0.05) is 5.57 Å². The third kappa shape index (κ3) is 4.21. The van der Waals surface area contributed by atoms with Crippen molar-refractivity contribution in [3.8, 4) is 39.9 Å². The molecule has 0 radical (unpaired) electrons. The molecule has 0 atom stereocenters. The molecule has 0 saturated carbocycles. The van der Waals surface area contributed by atoms with E-state index in [4.69, 9.17) is 23.4 Å². The first-order chi connectivity index (χ1) is 16.1. The van der Waals surface area contributed by atoms with Crippen molar-refractivity contribution in [1.29, 1.82) is 0 Å². The van der Waals surface area contributed by atoms with Gasteiger partial charge in [-0.15, -0.1) is 0 Å². The predicted octanol–water partition coefficient (Wildman–Crippen LogP) is 5.71. The average Bonchev–Trinajstić information content (AvgIpc) is 2.78. The first kappa shape index (κ1) is 23.3. The Morgan fingerprint density at radius 1 is 1.06 bits per heavy atom. The van der Waals surface area contributed by atoms with Gasteiger partial charge in [-0.2, -0.15) is 0 Å². The van der Waals surface area contributed by atoms with Crippen LogP contribution in [0.5, 0.6) is 28.7 Å². The molecule has 178 valence electrons. The van der Waals surface area contributed by atoms with Gasteiger partial charge < -0.3 is 28.5 Å². The minimum Gasteiger partial charge on any atom is -0.506 e. The molecule has 0 spiro atoms. The quantitative estimate of drug-likeness (QED) is 0.467. The molecule has 3 aromatic rings. The minimum absolute atomic E-state index is 0.0640. The molecule has 0 bridgehead atoms. The number of methoxy groups -OCH3 is 2. The number of aromatic hydroxyl groups is 1. The molecule has 1 N–H and O–H groups in total. The molecule has 1 aliphatic rings. The molecule has 0 saturated heterocycles. The van der Waals surface area contributed by atoms with Crippen LogP contribution in [0.25, 0.3) is 28.2 Å². The summed E-state index contributed by atoms with van der Waals surface area (Å²) in [6.07, 6.45) is 6.87. The molecule has 7 heteroatoms. The molecule has 4 rings (SSSR count). The van der Waals surface area contributed by atoms with E-state index in [1.54, 1.807) is 24.3 Å². The van der Waals surface area contributed by atoms with Gasteiger partial charge in [0.25, 0.3) is 0 Å². The van der Waals surface area contributed by atoms with Gasteiger partial charge in [0.2, 0.25) is 5.43 Å². The van der Waals surface area contributed by atoms with Crippen LogP contribution in [0.3, 0.4) is 0 Å². The van der Waals surface area contributed by atoms with Crippen LogP contribution in [0.2, 0.25) is 0 Å². The largest absolute Gasteiger partial charge is 0.506 e. The average molecular weight is 465 g/mol. The smallest absolute Gasteiger partial charge is 0.204 e. The Hall–Kier alpha value is -3.87. The number of fused-ring (bicyclic) bond motifs is 2. The molecule has 2 heterocycles. The second-order valence-electron chi connectivity index (χ2n) is 8.82. The van der Waals surface area contributed by atoms with E-state index in [1.807, 2.05) is 39.8 Å². The van der Waals surface area contributed by atoms with Crippen molar-refractivity contribution in [1.82, 2.24) is 0 Å². The lowest BCUT2D eigenvalue weighted by Gasteiger charge is -2.28. The summed E-state index contributed by atoms with van der Waals surface area (Å²) in [5.74, 6) is 1.58. The van der Waals surface area contributed by atoms with E-state index in [-0.39, 0.29) is 22.3 Å². The zero-order chi connectivity index (χ0) is 24.6. The predicted molar refractivity (Wildman–Crippen MR) is 131 cm³/mol. The third-order valence-electron chi connectivity index (χ3n) is 5.57. The van der Waals surface area contributed by atoms with Crippen LogP contribution < -0.4 is 24.4 Å². The van der Waals surface area contributed by atoms with Crippen LogP contribution in [-0.2, 0) is 0 Å². The van der Waals surface area contributed by atoms with Crippen molar-refractivity contribution >= 4 is 17.0 Å². The molecule has 0 unspecified atom stereocenters. The summed E-state index contributed by atoms with van der Waals surface area (Å²) >= 11 is 0. The molecule has 34 heavy (non-hydrogen) atoms. The first-order valence-corrected chi connectivity index (χ1v) is 10.9. The highest BCUT2D eigenvalue weighted by atomic mass is 16.5. The van der Waals surface area contributed by atoms with Crippen molar-refractivity contribution < 1.29 is 28.5 Å². The number of benzene rings is 2. The molecule has 0 amide bonds. The number of hydrogen-bond acceptors (Lipinski definition) is 7. The first-order valence-electron chi connectivity index (χ1n) is 10.9. The lowest BCUT2D eigenvalue weighted by Crippen LogP contribution is -2.27. The number of rotatable bonds is 6. The van der Waals surface area contributed by atoms with Crippen LogP contribution in [0.15, 0.2) is 51.4 Å². The normalized spacial score (nSPS) is 13.7. The fourth-order valence-corrected chi connectivity index (χ4v) is 3.78. The van der Waals surface area contributed by atoms with Crippen LogP contribution in [0.1, 0.15) is 33.3 Å². The fraction of sp³-hybridized carbons (Fsp3) is 0.296. The van der Waals surface area contributed by atoms with Gasteiger partial charge in [0, 0.05) is 17.7 Å². The van der Waals surface area contributed by atoms with Crippen molar-refractivity contribution in [2.24, 2.45) is 0 Å². The molecule has 7 nitrogen and oxygen atoms in total. The van der Waals surface area contributed by atoms with E-state index >= 15 is 0 Å². The minimum atomic E-state index is -0.535. The van der Waals surface area contributed by atoms with E-state index in [2.05, 4.69) is 0 Å². The highest BCUT2D eigenvalue weighted by molar-refractivity contribution is 5.93. The summed E-state index contributed by atoms with van der Waals surface area (Å²) in [6.45, 7) is 8.14. The van der Waals surface area contributed by atoms with Crippen molar-refractivity contribution in [3.05, 3.63) is 58.0 Å².